The summed E-state index contributed by atoms with van der Waals surface area (Å²) >= 11 is 0. The van der Waals surface area contributed by atoms with Crippen LogP contribution in [-0.2, 0) is 0 Å². The van der Waals surface area contributed by atoms with Crippen LogP contribution < -0.4 is 10.2 Å². The van der Waals surface area contributed by atoms with Crippen LogP contribution in [-0.4, -0.2) is 53.6 Å². The minimum absolute atomic E-state index is 0.715. The molecule has 2 aliphatic rings. The summed E-state index contributed by atoms with van der Waals surface area (Å²) in [5, 5.41) is 3.34. The Bertz CT molecular complexity index is 444. The number of likely N-dealkylation sites (tertiary alicyclic amines) is 1. The third-order valence-electron chi connectivity index (χ3n) is 4.60. The Morgan fingerprint density at radius 3 is 2.86 bits per heavy atom. The standard InChI is InChI=1S/C16H27N5/c1-2-7-17-15-11-16(19-13-18-15)21-10-6-14(12-21)20-8-4-3-5-9-20/h11,13-14H,2-10,12H2,1H3,(H,17,18,19). The molecule has 0 aliphatic carbocycles. The number of piperidine rings is 1. The highest BCUT2D eigenvalue weighted by molar-refractivity contribution is 5.49. The van der Waals surface area contributed by atoms with E-state index in [4.69, 9.17) is 0 Å². The first-order valence-electron chi connectivity index (χ1n) is 8.41. The average molecular weight is 289 g/mol. The second-order valence-electron chi connectivity index (χ2n) is 6.17. The van der Waals surface area contributed by atoms with Gasteiger partial charge in [-0.3, -0.25) is 4.90 Å². The van der Waals surface area contributed by atoms with Gasteiger partial charge in [-0.15, -0.1) is 0 Å². The molecule has 1 unspecified atom stereocenters. The highest BCUT2D eigenvalue weighted by Crippen LogP contribution is 2.24. The second kappa shape index (κ2) is 7.07. The summed E-state index contributed by atoms with van der Waals surface area (Å²) in [5.41, 5.74) is 0. The molecule has 5 heteroatoms. The van der Waals surface area contributed by atoms with E-state index in [0.717, 1.165) is 37.7 Å². The predicted molar refractivity (Wildman–Crippen MR) is 86.9 cm³/mol. The summed E-state index contributed by atoms with van der Waals surface area (Å²) in [6, 6.07) is 2.81. The van der Waals surface area contributed by atoms with Gasteiger partial charge in [0, 0.05) is 31.7 Å². The van der Waals surface area contributed by atoms with Crippen LogP contribution in [0, 0.1) is 0 Å². The van der Waals surface area contributed by atoms with Crippen molar-refractivity contribution in [3.05, 3.63) is 12.4 Å². The van der Waals surface area contributed by atoms with Gasteiger partial charge < -0.3 is 10.2 Å². The first kappa shape index (κ1) is 14.6. The predicted octanol–water partition coefficient (Wildman–Crippen LogP) is 2.36. The summed E-state index contributed by atoms with van der Waals surface area (Å²) in [4.78, 5) is 13.9. The van der Waals surface area contributed by atoms with Crippen LogP contribution in [0.15, 0.2) is 12.4 Å². The van der Waals surface area contributed by atoms with Gasteiger partial charge in [-0.2, -0.15) is 0 Å². The van der Waals surface area contributed by atoms with E-state index in [1.807, 2.05) is 0 Å². The Labute approximate surface area is 127 Å². The van der Waals surface area contributed by atoms with Crippen molar-refractivity contribution in [1.82, 2.24) is 14.9 Å². The number of nitrogens with one attached hydrogen (secondary N) is 1. The summed E-state index contributed by atoms with van der Waals surface area (Å²) < 4.78 is 0. The van der Waals surface area contributed by atoms with Gasteiger partial charge in [-0.1, -0.05) is 13.3 Å². The van der Waals surface area contributed by atoms with Crippen LogP contribution in [0.25, 0.3) is 0 Å². The SMILES string of the molecule is CCCNc1cc(N2CCC(N3CCCCC3)C2)ncn1. The van der Waals surface area contributed by atoms with Gasteiger partial charge in [-0.25, -0.2) is 9.97 Å². The molecule has 2 aliphatic heterocycles. The monoisotopic (exact) mass is 289 g/mol. The van der Waals surface area contributed by atoms with Gasteiger partial charge >= 0.3 is 0 Å². The number of nitrogens with zero attached hydrogens (tertiary/aromatic N) is 4. The van der Waals surface area contributed by atoms with Gasteiger partial charge in [0.1, 0.15) is 18.0 Å². The van der Waals surface area contributed by atoms with Crippen LogP contribution in [0.4, 0.5) is 11.6 Å². The van der Waals surface area contributed by atoms with E-state index in [1.54, 1.807) is 6.33 Å². The maximum Gasteiger partial charge on any atom is 0.134 e. The molecule has 0 saturated carbocycles. The summed E-state index contributed by atoms with van der Waals surface area (Å²) in [7, 11) is 0. The van der Waals surface area contributed by atoms with Crippen molar-refractivity contribution in [2.75, 3.05) is 42.9 Å². The van der Waals surface area contributed by atoms with E-state index in [9.17, 15) is 0 Å². The number of aromatic nitrogens is 2. The zero-order chi connectivity index (χ0) is 14.5. The van der Waals surface area contributed by atoms with Crippen molar-refractivity contribution < 1.29 is 0 Å². The third-order valence-corrected chi connectivity index (χ3v) is 4.60. The Kier molecular flexibility index (Phi) is 4.91. The summed E-state index contributed by atoms with van der Waals surface area (Å²) in [6.45, 7) is 7.93. The molecule has 21 heavy (non-hydrogen) atoms. The van der Waals surface area contributed by atoms with Crippen LogP contribution in [0.2, 0.25) is 0 Å². The molecular formula is C16H27N5. The zero-order valence-corrected chi connectivity index (χ0v) is 13.1. The van der Waals surface area contributed by atoms with Crippen molar-refractivity contribution in [2.24, 2.45) is 0 Å². The minimum Gasteiger partial charge on any atom is -0.370 e. The lowest BCUT2D eigenvalue weighted by Crippen LogP contribution is -2.40. The molecular weight excluding hydrogens is 262 g/mol. The number of anilines is 2. The maximum absolute atomic E-state index is 4.47. The molecule has 1 atom stereocenters. The number of hydrogen-bond acceptors (Lipinski definition) is 5. The molecule has 0 spiro atoms. The first-order valence-corrected chi connectivity index (χ1v) is 8.41. The summed E-state index contributed by atoms with van der Waals surface area (Å²) in [5.74, 6) is 2.02. The van der Waals surface area contributed by atoms with E-state index in [2.05, 4.69) is 38.1 Å². The van der Waals surface area contributed by atoms with Crippen molar-refractivity contribution in [2.45, 2.75) is 45.1 Å². The Hall–Kier alpha value is -1.36. The number of hydrogen-bond donors (Lipinski definition) is 1. The first-order chi connectivity index (χ1) is 10.4. The fourth-order valence-corrected chi connectivity index (χ4v) is 3.40. The highest BCUT2D eigenvalue weighted by atomic mass is 15.3. The van der Waals surface area contributed by atoms with Gasteiger partial charge in [0.05, 0.1) is 0 Å². The minimum atomic E-state index is 0.715. The van der Waals surface area contributed by atoms with E-state index >= 15 is 0 Å². The molecule has 2 fully saturated rings. The van der Waals surface area contributed by atoms with Gasteiger partial charge in [-0.05, 0) is 38.8 Å². The van der Waals surface area contributed by atoms with Crippen molar-refractivity contribution in [1.29, 1.82) is 0 Å². The third kappa shape index (κ3) is 3.64. The second-order valence-corrected chi connectivity index (χ2v) is 6.17. The summed E-state index contributed by atoms with van der Waals surface area (Å²) in [6.07, 6.45) is 8.21. The Balaban J connectivity index is 1.60. The Morgan fingerprint density at radius 2 is 2.05 bits per heavy atom. The topological polar surface area (TPSA) is 44.3 Å². The highest BCUT2D eigenvalue weighted by Gasteiger charge is 2.29. The van der Waals surface area contributed by atoms with Crippen LogP contribution in [0.5, 0.6) is 0 Å². The number of rotatable bonds is 5. The van der Waals surface area contributed by atoms with Gasteiger partial charge in [0.25, 0.3) is 0 Å². The van der Waals surface area contributed by atoms with Gasteiger partial charge in [0.2, 0.25) is 0 Å². The fourth-order valence-electron chi connectivity index (χ4n) is 3.40. The fraction of sp³-hybridized carbons (Fsp3) is 0.750. The van der Waals surface area contributed by atoms with Crippen molar-refractivity contribution >= 4 is 11.6 Å². The molecule has 1 aromatic rings. The molecule has 3 heterocycles. The average Bonchev–Trinajstić information content (AvgIpc) is 3.04. The molecule has 0 aromatic carbocycles. The van der Waals surface area contributed by atoms with E-state index < -0.39 is 0 Å². The normalized spacial score (nSPS) is 23.5. The van der Waals surface area contributed by atoms with Gasteiger partial charge in [0.15, 0.2) is 0 Å². The van der Waals surface area contributed by atoms with Crippen LogP contribution in [0.3, 0.4) is 0 Å². The molecule has 2 saturated heterocycles. The molecule has 0 radical (unpaired) electrons. The van der Waals surface area contributed by atoms with Crippen LogP contribution in [0.1, 0.15) is 39.0 Å². The van der Waals surface area contributed by atoms with Crippen LogP contribution >= 0.6 is 0 Å². The lowest BCUT2D eigenvalue weighted by Gasteiger charge is -2.32. The largest absolute Gasteiger partial charge is 0.370 e. The molecule has 116 valence electrons. The lowest BCUT2D eigenvalue weighted by molar-refractivity contribution is 0.175. The zero-order valence-electron chi connectivity index (χ0n) is 13.1. The van der Waals surface area contributed by atoms with E-state index in [-0.39, 0.29) is 0 Å². The van der Waals surface area contributed by atoms with E-state index in [1.165, 1.54) is 38.8 Å². The quantitative estimate of drug-likeness (QED) is 0.901. The van der Waals surface area contributed by atoms with E-state index in [0.29, 0.717) is 6.04 Å². The van der Waals surface area contributed by atoms with Crippen molar-refractivity contribution in [3.8, 4) is 0 Å². The molecule has 3 rings (SSSR count). The molecule has 0 amide bonds. The smallest absolute Gasteiger partial charge is 0.134 e. The van der Waals surface area contributed by atoms with Crippen molar-refractivity contribution in [3.63, 3.8) is 0 Å². The lowest BCUT2D eigenvalue weighted by atomic mass is 10.1. The molecule has 1 aromatic heterocycles. The molecule has 0 bridgehead atoms. The molecule has 1 N–H and O–H groups in total. The maximum atomic E-state index is 4.47. The molecule has 5 nitrogen and oxygen atoms in total. The Morgan fingerprint density at radius 1 is 1.19 bits per heavy atom.